The molecule has 2 aromatic carbocycles. The molecule has 106 valence electrons. The van der Waals surface area contributed by atoms with E-state index in [-0.39, 0.29) is 0 Å². The van der Waals surface area contributed by atoms with Gasteiger partial charge in [0.25, 0.3) is 0 Å². The van der Waals surface area contributed by atoms with E-state index in [1.807, 2.05) is 6.20 Å². The first kappa shape index (κ1) is 12.5. The van der Waals surface area contributed by atoms with E-state index in [0.29, 0.717) is 6.04 Å². The topological polar surface area (TPSA) is 40.7 Å². The van der Waals surface area contributed by atoms with E-state index >= 15 is 0 Å². The van der Waals surface area contributed by atoms with Crippen LogP contribution in [0.4, 0.5) is 5.69 Å². The van der Waals surface area contributed by atoms with Crippen LogP contribution in [0.2, 0.25) is 0 Å². The Labute approximate surface area is 124 Å². The van der Waals surface area contributed by atoms with Crippen molar-refractivity contribution in [3.8, 4) is 0 Å². The Morgan fingerprint density at radius 2 is 2.05 bits per heavy atom. The van der Waals surface area contributed by atoms with Gasteiger partial charge in [-0.05, 0) is 48.6 Å². The Balaban J connectivity index is 1.66. The van der Waals surface area contributed by atoms with Crippen molar-refractivity contribution in [2.45, 2.75) is 31.7 Å². The first-order chi connectivity index (χ1) is 10.4. The van der Waals surface area contributed by atoms with E-state index in [1.54, 1.807) is 0 Å². The molecule has 3 nitrogen and oxygen atoms in total. The van der Waals surface area contributed by atoms with Gasteiger partial charge in [-0.25, -0.2) is 0 Å². The minimum Gasteiger partial charge on any atom is -0.378 e. The number of benzene rings is 2. The first-order valence-electron chi connectivity index (χ1n) is 7.68. The molecule has 1 unspecified atom stereocenters. The molecule has 2 N–H and O–H groups in total. The maximum Gasteiger partial charge on any atom is 0.0670 e. The van der Waals surface area contributed by atoms with Crippen LogP contribution >= 0.6 is 0 Å². The van der Waals surface area contributed by atoms with Gasteiger partial charge in [-0.15, -0.1) is 0 Å². The average molecular weight is 277 g/mol. The van der Waals surface area contributed by atoms with Gasteiger partial charge in [0.2, 0.25) is 0 Å². The van der Waals surface area contributed by atoms with Gasteiger partial charge in [0.15, 0.2) is 0 Å². The summed E-state index contributed by atoms with van der Waals surface area (Å²) in [6, 6.07) is 15.7. The third-order valence-corrected chi connectivity index (χ3v) is 4.40. The molecule has 3 heteroatoms. The summed E-state index contributed by atoms with van der Waals surface area (Å²) in [6.45, 7) is 0. The summed E-state index contributed by atoms with van der Waals surface area (Å²) >= 11 is 0. The molecule has 4 rings (SSSR count). The molecule has 0 spiro atoms. The van der Waals surface area contributed by atoms with E-state index in [1.165, 1.54) is 36.8 Å². The number of hydrogen-bond donors (Lipinski definition) is 2. The highest BCUT2D eigenvalue weighted by atomic mass is 15.1. The number of fused-ring (bicyclic) bond motifs is 2. The molecule has 0 amide bonds. The Kier molecular flexibility index (Phi) is 3.11. The molecule has 0 fully saturated rings. The Morgan fingerprint density at radius 1 is 1.10 bits per heavy atom. The van der Waals surface area contributed by atoms with Crippen LogP contribution in [-0.4, -0.2) is 10.2 Å². The van der Waals surface area contributed by atoms with Crippen LogP contribution in [0.1, 0.15) is 36.4 Å². The van der Waals surface area contributed by atoms with E-state index in [4.69, 9.17) is 0 Å². The number of H-pyrrole nitrogens is 1. The lowest BCUT2D eigenvalue weighted by Crippen LogP contribution is -2.11. The van der Waals surface area contributed by atoms with Crippen LogP contribution in [0.15, 0.2) is 48.7 Å². The van der Waals surface area contributed by atoms with Crippen molar-refractivity contribution >= 4 is 16.6 Å². The van der Waals surface area contributed by atoms with Crippen LogP contribution in [0.25, 0.3) is 10.9 Å². The summed E-state index contributed by atoms with van der Waals surface area (Å²) in [5, 5.41) is 12.0. The molecule has 0 saturated carbocycles. The molecule has 1 aromatic heterocycles. The van der Waals surface area contributed by atoms with Crippen molar-refractivity contribution in [1.82, 2.24) is 10.2 Å². The second-order valence-corrected chi connectivity index (χ2v) is 5.81. The minimum atomic E-state index is 0.407. The predicted octanol–water partition coefficient (Wildman–Crippen LogP) is 4.44. The Hall–Kier alpha value is -2.29. The van der Waals surface area contributed by atoms with Crippen molar-refractivity contribution in [2.75, 3.05) is 5.32 Å². The monoisotopic (exact) mass is 277 g/mol. The highest BCUT2D eigenvalue weighted by Crippen LogP contribution is 2.32. The predicted molar refractivity (Wildman–Crippen MR) is 86.5 cm³/mol. The minimum absolute atomic E-state index is 0.407. The number of aromatic nitrogens is 2. The fourth-order valence-electron chi connectivity index (χ4n) is 3.30. The van der Waals surface area contributed by atoms with Gasteiger partial charge in [-0.2, -0.15) is 5.10 Å². The summed E-state index contributed by atoms with van der Waals surface area (Å²) in [6.07, 6.45) is 6.82. The van der Waals surface area contributed by atoms with Crippen molar-refractivity contribution in [1.29, 1.82) is 0 Å². The second-order valence-electron chi connectivity index (χ2n) is 5.81. The van der Waals surface area contributed by atoms with E-state index in [9.17, 15) is 0 Å². The van der Waals surface area contributed by atoms with Gasteiger partial charge in [0, 0.05) is 11.1 Å². The molecule has 1 aliphatic rings. The number of hydrogen-bond acceptors (Lipinski definition) is 2. The van der Waals surface area contributed by atoms with Crippen LogP contribution in [-0.2, 0) is 6.42 Å². The molecule has 1 heterocycles. The van der Waals surface area contributed by atoms with Crippen LogP contribution in [0.5, 0.6) is 0 Å². The Morgan fingerprint density at radius 3 is 3.05 bits per heavy atom. The highest BCUT2D eigenvalue weighted by molar-refractivity contribution is 5.81. The number of aryl methyl sites for hydroxylation is 1. The molecule has 21 heavy (non-hydrogen) atoms. The zero-order valence-corrected chi connectivity index (χ0v) is 12.0. The summed E-state index contributed by atoms with van der Waals surface area (Å²) in [7, 11) is 0. The van der Waals surface area contributed by atoms with Crippen LogP contribution in [0, 0.1) is 0 Å². The van der Waals surface area contributed by atoms with Gasteiger partial charge >= 0.3 is 0 Å². The zero-order valence-electron chi connectivity index (χ0n) is 12.0. The number of nitrogens with zero attached hydrogens (tertiary/aromatic N) is 1. The molecule has 0 bridgehead atoms. The summed E-state index contributed by atoms with van der Waals surface area (Å²) in [5.74, 6) is 0. The first-order valence-corrected chi connectivity index (χ1v) is 7.68. The molecule has 0 saturated heterocycles. The lowest BCUT2D eigenvalue weighted by molar-refractivity contribution is 0.644. The maximum absolute atomic E-state index is 4.09. The smallest absolute Gasteiger partial charge is 0.0670 e. The van der Waals surface area contributed by atoms with E-state index in [0.717, 1.165) is 16.6 Å². The lowest BCUT2D eigenvalue weighted by Gasteiger charge is -2.20. The van der Waals surface area contributed by atoms with Gasteiger partial charge in [0.05, 0.1) is 17.8 Å². The second kappa shape index (κ2) is 5.24. The lowest BCUT2D eigenvalue weighted by atomic mass is 9.99. The van der Waals surface area contributed by atoms with Gasteiger partial charge < -0.3 is 5.32 Å². The molecule has 1 atom stereocenters. The van der Waals surface area contributed by atoms with Crippen LogP contribution in [0.3, 0.4) is 0 Å². The van der Waals surface area contributed by atoms with Crippen molar-refractivity contribution in [3.05, 3.63) is 59.8 Å². The molecule has 0 aliphatic heterocycles. The number of aromatic amines is 1. The van der Waals surface area contributed by atoms with E-state index < -0.39 is 0 Å². The number of nitrogens with one attached hydrogen (secondary N) is 2. The normalized spacial score (nSPS) is 18.2. The van der Waals surface area contributed by atoms with Gasteiger partial charge in [-0.3, -0.25) is 5.10 Å². The SMILES string of the molecule is c1ccc2c(c1)CCCCC2Nc1ccc2cn[nH]c2c1. The molecular formula is C18H19N3. The van der Waals surface area contributed by atoms with Crippen molar-refractivity contribution in [3.63, 3.8) is 0 Å². The standard InChI is InChI=1S/C18H19N3/c1-3-7-16-13(5-1)6-2-4-8-17(16)20-15-10-9-14-12-19-21-18(14)11-15/h1,3,5,7,9-12,17,20H,2,4,6,8H2,(H,19,21). The Bertz CT molecular complexity index is 760. The molecule has 0 radical (unpaired) electrons. The summed E-state index contributed by atoms with van der Waals surface area (Å²) in [5.41, 5.74) is 5.20. The fourth-order valence-corrected chi connectivity index (χ4v) is 3.30. The zero-order chi connectivity index (χ0) is 14.1. The van der Waals surface area contributed by atoms with Gasteiger partial charge in [0.1, 0.15) is 0 Å². The van der Waals surface area contributed by atoms with Crippen LogP contribution < -0.4 is 5.32 Å². The number of anilines is 1. The number of rotatable bonds is 2. The highest BCUT2D eigenvalue weighted by Gasteiger charge is 2.18. The van der Waals surface area contributed by atoms with E-state index in [2.05, 4.69) is 58.0 Å². The molecule has 1 aliphatic carbocycles. The van der Waals surface area contributed by atoms with Crippen molar-refractivity contribution in [2.24, 2.45) is 0 Å². The summed E-state index contributed by atoms with van der Waals surface area (Å²) < 4.78 is 0. The largest absolute Gasteiger partial charge is 0.378 e. The summed E-state index contributed by atoms with van der Waals surface area (Å²) in [4.78, 5) is 0. The quantitative estimate of drug-likeness (QED) is 0.680. The molecule has 3 aromatic rings. The average Bonchev–Trinajstić information content (AvgIpc) is 2.89. The molecular weight excluding hydrogens is 258 g/mol. The van der Waals surface area contributed by atoms with Gasteiger partial charge in [-0.1, -0.05) is 30.7 Å². The fraction of sp³-hybridized carbons (Fsp3) is 0.278. The van der Waals surface area contributed by atoms with Crippen molar-refractivity contribution < 1.29 is 0 Å². The third kappa shape index (κ3) is 2.40. The maximum atomic E-state index is 4.09. The third-order valence-electron chi connectivity index (χ3n) is 4.40.